The second-order valence-corrected chi connectivity index (χ2v) is 6.98. The first kappa shape index (κ1) is 20.2. The highest BCUT2D eigenvalue weighted by Crippen LogP contribution is 2.28. The van der Waals surface area contributed by atoms with Crippen molar-refractivity contribution in [1.82, 2.24) is 15.0 Å². The van der Waals surface area contributed by atoms with E-state index in [0.717, 1.165) is 35.5 Å². The van der Waals surface area contributed by atoms with Crippen molar-refractivity contribution in [2.24, 2.45) is 0 Å². The number of nitrogens with one attached hydrogen (secondary N) is 1. The van der Waals surface area contributed by atoms with Crippen LogP contribution in [-0.2, 0) is 17.8 Å². The van der Waals surface area contributed by atoms with E-state index >= 15 is 0 Å². The Balaban J connectivity index is 1.61. The van der Waals surface area contributed by atoms with E-state index in [1.807, 2.05) is 78.9 Å². The third-order valence-electron chi connectivity index (χ3n) is 4.84. The fraction of sp³-hybridized carbons (Fsp3) is 0.120. The van der Waals surface area contributed by atoms with E-state index < -0.39 is 0 Å². The van der Waals surface area contributed by atoms with Crippen LogP contribution in [-0.4, -0.2) is 27.9 Å². The lowest BCUT2D eigenvalue weighted by molar-refractivity contribution is -0.107. The van der Waals surface area contributed by atoms with Gasteiger partial charge in [0, 0.05) is 36.6 Å². The lowest BCUT2D eigenvalue weighted by atomic mass is 10.1. The van der Waals surface area contributed by atoms with Crippen LogP contribution >= 0.6 is 0 Å². The maximum absolute atomic E-state index is 11.9. The van der Waals surface area contributed by atoms with Crippen molar-refractivity contribution in [1.29, 1.82) is 0 Å². The molecular formula is C25H23N5O. The smallest absolute Gasteiger partial charge is 0.214 e. The van der Waals surface area contributed by atoms with Crippen LogP contribution in [0.3, 0.4) is 0 Å². The molecule has 0 unspecified atom stereocenters. The highest BCUT2D eigenvalue weighted by atomic mass is 16.1. The quantitative estimate of drug-likeness (QED) is 0.416. The van der Waals surface area contributed by atoms with Crippen LogP contribution in [0.2, 0.25) is 0 Å². The molecule has 0 aliphatic heterocycles. The molecule has 0 aliphatic rings. The molecular weight excluding hydrogens is 386 g/mol. The van der Waals surface area contributed by atoms with E-state index in [9.17, 15) is 4.79 Å². The molecule has 1 amide bonds. The molecule has 1 N–H and O–H groups in total. The van der Waals surface area contributed by atoms with Gasteiger partial charge in [-0.3, -0.25) is 14.8 Å². The average molecular weight is 409 g/mol. The van der Waals surface area contributed by atoms with E-state index in [0.29, 0.717) is 24.6 Å². The Labute approximate surface area is 181 Å². The van der Waals surface area contributed by atoms with Gasteiger partial charge in [0.15, 0.2) is 5.82 Å². The van der Waals surface area contributed by atoms with E-state index in [1.165, 1.54) is 0 Å². The minimum Gasteiger partial charge on any atom is -0.368 e. The largest absolute Gasteiger partial charge is 0.368 e. The van der Waals surface area contributed by atoms with Gasteiger partial charge in [-0.2, -0.15) is 0 Å². The Morgan fingerprint density at radius 2 is 1.52 bits per heavy atom. The van der Waals surface area contributed by atoms with E-state index in [2.05, 4.69) is 15.3 Å². The normalized spacial score (nSPS) is 10.5. The number of hydrogen-bond donors (Lipinski definition) is 1. The summed E-state index contributed by atoms with van der Waals surface area (Å²) in [6.45, 7) is 1.01. The number of nitrogens with zero attached hydrogens (tertiary/aromatic N) is 4. The fourth-order valence-corrected chi connectivity index (χ4v) is 3.28. The summed E-state index contributed by atoms with van der Waals surface area (Å²) in [6, 6.07) is 25.4. The Bertz CT molecular complexity index is 1100. The zero-order valence-electron chi connectivity index (χ0n) is 17.1. The van der Waals surface area contributed by atoms with Gasteiger partial charge in [-0.15, -0.1) is 0 Å². The SMILES string of the molecule is O=CN(Cc1ccccn1)c1ccc(-c2ccccc2)nc1NCCc1ccccn1. The molecule has 0 atom stereocenters. The van der Waals surface area contributed by atoms with Crippen molar-refractivity contribution in [2.45, 2.75) is 13.0 Å². The van der Waals surface area contributed by atoms with Gasteiger partial charge in [0.2, 0.25) is 6.41 Å². The Kier molecular flexibility index (Phi) is 6.60. The molecule has 6 nitrogen and oxygen atoms in total. The van der Waals surface area contributed by atoms with Crippen LogP contribution in [0.5, 0.6) is 0 Å². The first-order chi connectivity index (χ1) is 15.3. The van der Waals surface area contributed by atoms with Gasteiger partial charge < -0.3 is 10.2 Å². The Morgan fingerprint density at radius 1 is 0.806 bits per heavy atom. The van der Waals surface area contributed by atoms with Crippen molar-refractivity contribution >= 4 is 17.9 Å². The summed E-state index contributed by atoms with van der Waals surface area (Å²) >= 11 is 0. The van der Waals surface area contributed by atoms with Crippen LogP contribution in [0.25, 0.3) is 11.3 Å². The van der Waals surface area contributed by atoms with Gasteiger partial charge in [0.25, 0.3) is 0 Å². The van der Waals surface area contributed by atoms with Crippen molar-refractivity contribution in [3.63, 3.8) is 0 Å². The van der Waals surface area contributed by atoms with Crippen molar-refractivity contribution in [2.75, 3.05) is 16.8 Å². The van der Waals surface area contributed by atoms with E-state index in [1.54, 1.807) is 17.3 Å². The third kappa shape index (κ3) is 5.30. The number of rotatable bonds is 9. The summed E-state index contributed by atoms with van der Waals surface area (Å²) in [6.07, 6.45) is 5.08. The number of hydrogen-bond acceptors (Lipinski definition) is 5. The molecule has 154 valence electrons. The summed E-state index contributed by atoms with van der Waals surface area (Å²) in [5.74, 6) is 0.653. The topological polar surface area (TPSA) is 71.0 Å². The molecule has 4 aromatic rings. The fourth-order valence-electron chi connectivity index (χ4n) is 3.28. The van der Waals surface area contributed by atoms with Crippen LogP contribution in [0.4, 0.5) is 11.5 Å². The minimum atomic E-state index is 0.367. The second-order valence-electron chi connectivity index (χ2n) is 6.98. The number of pyridine rings is 3. The summed E-state index contributed by atoms with van der Waals surface area (Å²) in [5.41, 5.74) is 4.37. The number of benzene rings is 1. The summed E-state index contributed by atoms with van der Waals surface area (Å²) in [7, 11) is 0. The summed E-state index contributed by atoms with van der Waals surface area (Å²) in [5, 5.41) is 3.40. The predicted molar refractivity (Wildman–Crippen MR) is 123 cm³/mol. The van der Waals surface area contributed by atoms with Crippen LogP contribution in [0, 0.1) is 0 Å². The molecule has 6 heteroatoms. The standard InChI is InChI=1S/C25H23N5O/c31-19-30(18-22-11-5-7-16-27-22)24-13-12-23(20-8-2-1-3-9-20)29-25(24)28-17-14-21-10-4-6-15-26-21/h1-13,15-16,19H,14,17-18H2,(H,28,29). The van der Waals surface area contributed by atoms with E-state index in [4.69, 9.17) is 4.98 Å². The molecule has 3 heterocycles. The third-order valence-corrected chi connectivity index (χ3v) is 4.84. The lowest BCUT2D eigenvalue weighted by Crippen LogP contribution is -2.23. The van der Waals surface area contributed by atoms with Crippen LogP contribution in [0.15, 0.2) is 91.3 Å². The van der Waals surface area contributed by atoms with Crippen molar-refractivity contribution < 1.29 is 4.79 Å². The molecule has 4 rings (SSSR count). The van der Waals surface area contributed by atoms with Crippen LogP contribution in [0.1, 0.15) is 11.4 Å². The summed E-state index contributed by atoms with van der Waals surface area (Å²) in [4.78, 5) is 27.1. The second kappa shape index (κ2) is 10.1. The van der Waals surface area contributed by atoms with Crippen molar-refractivity contribution in [3.8, 4) is 11.3 Å². The number of carbonyl (C=O) groups is 1. The molecule has 0 radical (unpaired) electrons. The van der Waals surface area contributed by atoms with Gasteiger partial charge in [-0.05, 0) is 36.4 Å². The first-order valence-electron chi connectivity index (χ1n) is 10.2. The molecule has 0 aliphatic carbocycles. The highest BCUT2D eigenvalue weighted by Gasteiger charge is 2.15. The lowest BCUT2D eigenvalue weighted by Gasteiger charge is -2.21. The van der Waals surface area contributed by atoms with Gasteiger partial charge in [0.1, 0.15) is 0 Å². The van der Waals surface area contributed by atoms with Gasteiger partial charge in [-0.1, -0.05) is 42.5 Å². The molecule has 0 spiro atoms. The van der Waals surface area contributed by atoms with Crippen LogP contribution < -0.4 is 10.2 Å². The molecule has 0 fully saturated rings. The number of carbonyl (C=O) groups excluding carboxylic acids is 1. The van der Waals surface area contributed by atoms with Gasteiger partial charge >= 0.3 is 0 Å². The molecule has 3 aromatic heterocycles. The maximum atomic E-state index is 11.9. The molecule has 31 heavy (non-hydrogen) atoms. The van der Waals surface area contributed by atoms with Gasteiger partial charge in [-0.25, -0.2) is 4.98 Å². The zero-order valence-corrected chi connectivity index (χ0v) is 17.1. The summed E-state index contributed by atoms with van der Waals surface area (Å²) < 4.78 is 0. The number of anilines is 2. The molecule has 0 saturated carbocycles. The maximum Gasteiger partial charge on any atom is 0.214 e. The average Bonchev–Trinajstić information content (AvgIpc) is 2.84. The molecule has 0 bridgehead atoms. The first-order valence-corrected chi connectivity index (χ1v) is 10.2. The predicted octanol–water partition coefficient (Wildman–Crippen LogP) is 4.36. The van der Waals surface area contributed by atoms with Gasteiger partial charge in [0.05, 0.1) is 23.6 Å². The zero-order chi connectivity index (χ0) is 21.3. The Morgan fingerprint density at radius 3 is 2.19 bits per heavy atom. The molecule has 1 aromatic carbocycles. The minimum absolute atomic E-state index is 0.367. The highest BCUT2D eigenvalue weighted by molar-refractivity contribution is 5.83. The Hall–Kier alpha value is -4.06. The van der Waals surface area contributed by atoms with Crippen molar-refractivity contribution in [3.05, 3.63) is 103 Å². The monoisotopic (exact) mass is 409 g/mol. The van der Waals surface area contributed by atoms with E-state index in [-0.39, 0.29) is 0 Å². The molecule has 0 saturated heterocycles. The number of aromatic nitrogens is 3. The number of amides is 1.